The van der Waals surface area contributed by atoms with Gasteiger partial charge in [-0.25, -0.2) is 0 Å². The third kappa shape index (κ3) is 5.55. The van der Waals surface area contributed by atoms with E-state index in [1.807, 2.05) is 0 Å². The van der Waals surface area contributed by atoms with E-state index in [2.05, 4.69) is 65.7 Å². The Bertz CT molecular complexity index is 914. The molecule has 1 amide bonds. The summed E-state index contributed by atoms with van der Waals surface area (Å²) in [7, 11) is 0. The number of aldehydes is 1. The number of hydrogen-bond donors (Lipinski definition) is 1. The first kappa shape index (κ1) is 23.7. The molecule has 1 heterocycles. The van der Waals surface area contributed by atoms with E-state index < -0.39 is 5.41 Å². The lowest BCUT2D eigenvalue weighted by Gasteiger charge is -2.28. The maximum Gasteiger partial charge on any atom is 0.230 e. The number of rotatable bonds is 10. The molecule has 0 spiro atoms. The fraction of sp³-hybridized carbons (Fsp3) is 0.517. The van der Waals surface area contributed by atoms with Crippen molar-refractivity contribution < 1.29 is 9.59 Å². The fourth-order valence-corrected chi connectivity index (χ4v) is 5.63. The Kier molecular flexibility index (Phi) is 7.97. The van der Waals surface area contributed by atoms with Crippen LogP contribution in [0.15, 0.2) is 48.5 Å². The zero-order valence-electron chi connectivity index (χ0n) is 20.0. The van der Waals surface area contributed by atoms with Crippen LogP contribution in [0.1, 0.15) is 69.4 Å². The summed E-state index contributed by atoms with van der Waals surface area (Å²) < 4.78 is 0. The van der Waals surface area contributed by atoms with Crippen molar-refractivity contribution in [1.82, 2.24) is 10.2 Å². The number of likely N-dealkylation sites (tertiary alicyclic amines) is 1. The first-order valence-electron chi connectivity index (χ1n) is 12.8. The molecule has 4 nitrogen and oxygen atoms in total. The summed E-state index contributed by atoms with van der Waals surface area (Å²) in [6.07, 6.45) is 9.85. The van der Waals surface area contributed by atoms with E-state index in [-0.39, 0.29) is 5.91 Å². The van der Waals surface area contributed by atoms with Crippen LogP contribution >= 0.6 is 0 Å². The summed E-state index contributed by atoms with van der Waals surface area (Å²) in [5.41, 5.74) is 4.51. The van der Waals surface area contributed by atoms with Gasteiger partial charge in [-0.05, 0) is 74.2 Å². The number of nitrogens with one attached hydrogen (secondary N) is 1. The van der Waals surface area contributed by atoms with Crippen LogP contribution in [0.2, 0.25) is 0 Å². The average Bonchev–Trinajstić information content (AvgIpc) is 3.51. The topological polar surface area (TPSA) is 49.4 Å². The summed E-state index contributed by atoms with van der Waals surface area (Å²) in [6.45, 7) is 5.30. The van der Waals surface area contributed by atoms with Gasteiger partial charge in [-0.1, -0.05) is 61.4 Å². The highest BCUT2D eigenvalue weighted by Gasteiger charge is 2.42. The number of hydrogen-bond acceptors (Lipinski definition) is 3. The highest BCUT2D eigenvalue weighted by atomic mass is 16.2. The minimum absolute atomic E-state index is 0.121. The Morgan fingerprint density at radius 2 is 1.70 bits per heavy atom. The number of unbranched alkanes of at least 4 members (excludes halogenated alkanes) is 1. The number of nitrogens with zero attached hydrogens (tertiary/aromatic N) is 1. The van der Waals surface area contributed by atoms with Crippen molar-refractivity contribution in [3.8, 4) is 11.1 Å². The second-order valence-electron chi connectivity index (χ2n) is 9.91. The van der Waals surface area contributed by atoms with Gasteiger partial charge >= 0.3 is 0 Å². The Balaban J connectivity index is 1.40. The Labute approximate surface area is 198 Å². The molecule has 0 radical (unpaired) electrons. The Morgan fingerprint density at radius 3 is 2.30 bits per heavy atom. The summed E-state index contributed by atoms with van der Waals surface area (Å²) >= 11 is 0. The highest BCUT2D eigenvalue weighted by Crippen LogP contribution is 2.42. The molecule has 1 unspecified atom stereocenters. The number of carbonyl (C=O) groups excluding carboxylic acids is 2. The van der Waals surface area contributed by atoms with E-state index in [0.717, 1.165) is 56.5 Å². The summed E-state index contributed by atoms with van der Waals surface area (Å²) in [6, 6.07) is 18.3. The van der Waals surface area contributed by atoms with Gasteiger partial charge in [-0.2, -0.15) is 0 Å². The molecule has 2 aromatic carbocycles. The minimum Gasteiger partial charge on any atom is -0.355 e. The van der Waals surface area contributed by atoms with E-state index >= 15 is 0 Å². The molecule has 33 heavy (non-hydrogen) atoms. The van der Waals surface area contributed by atoms with E-state index in [9.17, 15) is 9.59 Å². The molecule has 0 bridgehead atoms. The number of carbonyl (C=O) groups is 2. The molecular weight excluding hydrogens is 408 g/mol. The normalized spacial score (nSPS) is 20.1. The van der Waals surface area contributed by atoms with E-state index in [1.165, 1.54) is 36.1 Å². The fourth-order valence-electron chi connectivity index (χ4n) is 5.63. The number of benzene rings is 2. The first-order valence-corrected chi connectivity index (χ1v) is 12.8. The molecule has 2 aromatic rings. The van der Waals surface area contributed by atoms with Crippen LogP contribution in [-0.4, -0.2) is 42.8 Å². The lowest BCUT2D eigenvalue weighted by Crippen LogP contribution is -2.43. The van der Waals surface area contributed by atoms with Crippen LogP contribution < -0.4 is 5.32 Å². The largest absolute Gasteiger partial charge is 0.355 e. The highest BCUT2D eigenvalue weighted by molar-refractivity contribution is 5.88. The SMILES string of the molecule is CC1CCCN1CCc1ccc(-c2ccc(C3(C(=O)NCCCC=O)CCCC3)cc2)cc1. The van der Waals surface area contributed by atoms with Crippen LogP contribution in [0, 0.1) is 0 Å². The van der Waals surface area contributed by atoms with Crippen molar-refractivity contribution in [3.63, 3.8) is 0 Å². The summed E-state index contributed by atoms with van der Waals surface area (Å²) in [5, 5.41) is 3.08. The Morgan fingerprint density at radius 1 is 1.03 bits per heavy atom. The zero-order valence-corrected chi connectivity index (χ0v) is 20.0. The summed E-state index contributed by atoms with van der Waals surface area (Å²) in [4.78, 5) is 26.2. The van der Waals surface area contributed by atoms with Gasteiger partial charge in [0.1, 0.15) is 6.29 Å². The molecule has 4 rings (SSSR count). The quantitative estimate of drug-likeness (QED) is 0.399. The van der Waals surface area contributed by atoms with Crippen molar-refractivity contribution in [2.24, 2.45) is 0 Å². The molecule has 2 aliphatic rings. The first-order chi connectivity index (χ1) is 16.1. The van der Waals surface area contributed by atoms with Crippen molar-refractivity contribution in [2.45, 2.75) is 76.2 Å². The number of amides is 1. The van der Waals surface area contributed by atoms with Gasteiger partial charge in [0.2, 0.25) is 5.91 Å². The molecule has 1 saturated heterocycles. The van der Waals surface area contributed by atoms with Crippen LogP contribution in [0.5, 0.6) is 0 Å². The van der Waals surface area contributed by atoms with Gasteiger partial charge in [-0.15, -0.1) is 0 Å². The van der Waals surface area contributed by atoms with Gasteiger partial charge in [-0.3, -0.25) is 4.79 Å². The minimum atomic E-state index is -0.420. The molecule has 1 saturated carbocycles. The second-order valence-corrected chi connectivity index (χ2v) is 9.91. The molecule has 1 aliphatic heterocycles. The predicted molar refractivity (Wildman–Crippen MR) is 134 cm³/mol. The van der Waals surface area contributed by atoms with Gasteiger partial charge < -0.3 is 15.0 Å². The maximum atomic E-state index is 13.1. The molecule has 1 N–H and O–H groups in total. The van der Waals surface area contributed by atoms with Crippen LogP contribution in [-0.2, 0) is 21.4 Å². The predicted octanol–water partition coefficient (Wildman–Crippen LogP) is 5.29. The third-order valence-corrected chi connectivity index (χ3v) is 7.78. The monoisotopic (exact) mass is 446 g/mol. The average molecular weight is 447 g/mol. The van der Waals surface area contributed by atoms with Gasteiger partial charge in [0.05, 0.1) is 5.41 Å². The Hall–Kier alpha value is -2.46. The van der Waals surface area contributed by atoms with Crippen LogP contribution in [0.3, 0.4) is 0 Å². The van der Waals surface area contributed by atoms with E-state index in [0.29, 0.717) is 19.4 Å². The van der Waals surface area contributed by atoms with Crippen molar-refractivity contribution in [1.29, 1.82) is 0 Å². The van der Waals surface area contributed by atoms with Crippen LogP contribution in [0.25, 0.3) is 11.1 Å². The van der Waals surface area contributed by atoms with E-state index in [4.69, 9.17) is 0 Å². The van der Waals surface area contributed by atoms with Gasteiger partial charge in [0.25, 0.3) is 0 Å². The summed E-state index contributed by atoms with van der Waals surface area (Å²) in [5.74, 6) is 0.121. The molecule has 4 heteroatoms. The zero-order chi connectivity index (χ0) is 23.1. The van der Waals surface area contributed by atoms with Crippen molar-refractivity contribution in [3.05, 3.63) is 59.7 Å². The smallest absolute Gasteiger partial charge is 0.230 e. The standard InChI is InChI=1S/C29H38N2O2/c1-23-7-6-20-31(23)21-16-24-8-10-25(11-9-24)26-12-14-27(15-13-26)29(17-2-3-18-29)28(33)30-19-4-5-22-32/h8-15,22-23H,2-7,16-21H2,1H3,(H,30,33). The second kappa shape index (κ2) is 11.1. The van der Waals surface area contributed by atoms with E-state index in [1.54, 1.807) is 0 Å². The third-order valence-electron chi connectivity index (χ3n) is 7.78. The van der Waals surface area contributed by atoms with Crippen molar-refractivity contribution >= 4 is 12.2 Å². The van der Waals surface area contributed by atoms with Crippen LogP contribution in [0.4, 0.5) is 0 Å². The molecule has 2 fully saturated rings. The van der Waals surface area contributed by atoms with Gasteiger partial charge in [0, 0.05) is 25.6 Å². The molecule has 1 atom stereocenters. The molecule has 176 valence electrons. The van der Waals surface area contributed by atoms with Gasteiger partial charge in [0.15, 0.2) is 0 Å². The maximum absolute atomic E-state index is 13.1. The lowest BCUT2D eigenvalue weighted by atomic mass is 9.77. The van der Waals surface area contributed by atoms with Crippen molar-refractivity contribution in [2.75, 3.05) is 19.6 Å². The lowest BCUT2D eigenvalue weighted by molar-refractivity contribution is -0.126. The molecule has 1 aliphatic carbocycles. The molecule has 0 aromatic heterocycles. The molecular formula is C29H38N2O2.